The summed E-state index contributed by atoms with van der Waals surface area (Å²) in [6.07, 6.45) is 7.63. The molecule has 2 amide bonds. The number of methoxy groups -OCH3 is 2. The number of hydrogen-bond donors (Lipinski definition) is 2. The van der Waals surface area contributed by atoms with Crippen LogP contribution in [0.1, 0.15) is 49.7 Å². The van der Waals surface area contributed by atoms with Gasteiger partial charge in [-0.25, -0.2) is 0 Å². The number of allylic oxidation sites excluding steroid dienone is 1. The second-order valence-electron chi connectivity index (χ2n) is 11.6. The molecule has 2 spiro atoms. The Morgan fingerprint density at radius 1 is 0.767 bits per heavy atom. The molecular formula is C34H39N3O6. The highest BCUT2D eigenvalue weighted by molar-refractivity contribution is 6.03. The Labute approximate surface area is 252 Å². The van der Waals surface area contributed by atoms with Crippen LogP contribution < -0.4 is 20.1 Å². The first-order valence-electron chi connectivity index (χ1n) is 14.7. The van der Waals surface area contributed by atoms with Gasteiger partial charge in [0.2, 0.25) is 11.8 Å². The normalized spacial score (nSPS) is 23.3. The van der Waals surface area contributed by atoms with E-state index < -0.39 is 5.54 Å². The van der Waals surface area contributed by atoms with Crippen molar-refractivity contribution in [1.29, 1.82) is 0 Å². The standard InChI is InChI=1S/C17H20N2O3.C17H19NO3/c1-19-8-7-15(20)17(19)10-13(17)9-16(21)18-11-12-3-5-14(22-2)6-4-12;1-21-14-6-4-12(5-7-14)11-18-16(20)9-13-10-17(13)8-2-3-15(17)19/h3-6,10H,7-9,11H2,1-2H3,(H,18,21);4-7,10H,2-3,8-9,11H2,1H3,(H,18,20). The van der Waals surface area contributed by atoms with Gasteiger partial charge < -0.3 is 20.1 Å². The average molecular weight is 586 g/mol. The summed E-state index contributed by atoms with van der Waals surface area (Å²) in [6, 6.07) is 15.2. The van der Waals surface area contributed by atoms with Crippen molar-refractivity contribution in [3.8, 4) is 11.5 Å². The van der Waals surface area contributed by atoms with Crippen molar-refractivity contribution in [2.45, 2.75) is 57.2 Å². The number of nitrogens with zero attached hydrogens (tertiary/aromatic N) is 1. The summed E-state index contributed by atoms with van der Waals surface area (Å²) in [7, 11) is 5.18. The molecule has 6 rings (SSSR count). The summed E-state index contributed by atoms with van der Waals surface area (Å²) in [6.45, 7) is 1.75. The van der Waals surface area contributed by atoms with Crippen LogP contribution in [0.25, 0.3) is 0 Å². The molecule has 1 saturated heterocycles. The number of benzene rings is 2. The zero-order valence-electron chi connectivity index (χ0n) is 25.0. The zero-order valence-corrected chi connectivity index (χ0v) is 25.0. The maximum atomic E-state index is 12.0. The van der Waals surface area contributed by atoms with Crippen LogP contribution in [0.3, 0.4) is 0 Å². The van der Waals surface area contributed by atoms with Crippen LogP contribution in [0, 0.1) is 5.41 Å². The van der Waals surface area contributed by atoms with E-state index in [2.05, 4.69) is 10.6 Å². The maximum absolute atomic E-state index is 12.0. The summed E-state index contributed by atoms with van der Waals surface area (Å²) < 4.78 is 10.2. The van der Waals surface area contributed by atoms with Gasteiger partial charge in [0.15, 0.2) is 5.78 Å². The van der Waals surface area contributed by atoms with E-state index in [1.54, 1.807) is 14.2 Å². The molecule has 4 aliphatic rings. The van der Waals surface area contributed by atoms with E-state index in [1.165, 1.54) is 0 Å². The molecule has 2 atom stereocenters. The lowest BCUT2D eigenvalue weighted by molar-refractivity contribution is -0.123. The molecule has 1 heterocycles. The maximum Gasteiger partial charge on any atom is 0.224 e. The van der Waals surface area contributed by atoms with Crippen molar-refractivity contribution in [3.63, 3.8) is 0 Å². The van der Waals surface area contributed by atoms with E-state index in [0.717, 1.165) is 53.2 Å². The number of ketones is 2. The summed E-state index contributed by atoms with van der Waals surface area (Å²) >= 11 is 0. The molecule has 3 aliphatic carbocycles. The highest BCUT2D eigenvalue weighted by Gasteiger charge is 2.56. The quantitative estimate of drug-likeness (QED) is 0.409. The molecule has 226 valence electrons. The first-order chi connectivity index (χ1) is 20.7. The average Bonchev–Trinajstić information content (AvgIpc) is 3.85. The lowest BCUT2D eigenvalue weighted by Crippen LogP contribution is -2.36. The smallest absolute Gasteiger partial charge is 0.224 e. The number of likely N-dealkylation sites (N-methyl/N-ethyl adjacent to an activating group) is 1. The Morgan fingerprint density at radius 3 is 1.74 bits per heavy atom. The topological polar surface area (TPSA) is 114 Å². The monoisotopic (exact) mass is 585 g/mol. The molecule has 2 fully saturated rings. The first-order valence-corrected chi connectivity index (χ1v) is 14.7. The van der Waals surface area contributed by atoms with E-state index in [1.807, 2.05) is 72.6 Å². The molecule has 0 aromatic heterocycles. The molecule has 2 aromatic carbocycles. The van der Waals surface area contributed by atoms with Gasteiger partial charge in [0, 0.05) is 38.9 Å². The number of amides is 2. The van der Waals surface area contributed by atoms with Crippen LogP contribution in [-0.4, -0.2) is 61.6 Å². The predicted octanol–water partition coefficient (Wildman–Crippen LogP) is 3.67. The predicted molar refractivity (Wildman–Crippen MR) is 161 cm³/mol. The minimum atomic E-state index is -0.530. The van der Waals surface area contributed by atoms with Crippen molar-refractivity contribution in [2.75, 3.05) is 27.8 Å². The number of carbonyl (C=O) groups is 4. The number of hydrogen-bond acceptors (Lipinski definition) is 7. The fourth-order valence-corrected chi connectivity index (χ4v) is 6.08. The number of Topliss-reactive ketones (excluding diaryl/α,β-unsaturated/α-hetero) is 2. The Bertz CT molecular complexity index is 1460. The fourth-order valence-electron chi connectivity index (χ4n) is 6.08. The molecular weight excluding hydrogens is 546 g/mol. The van der Waals surface area contributed by atoms with Crippen molar-refractivity contribution in [1.82, 2.24) is 15.5 Å². The van der Waals surface area contributed by atoms with Gasteiger partial charge in [-0.15, -0.1) is 0 Å². The third kappa shape index (κ3) is 6.57. The van der Waals surface area contributed by atoms with Gasteiger partial charge in [0.25, 0.3) is 0 Å². The van der Waals surface area contributed by atoms with Crippen molar-refractivity contribution >= 4 is 23.4 Å². The van der Waals surface area contributed by atoms with Crippen LogP contribution in [0.2, 0.25) is 0 Å². The summed E-state index contributed by atoms with van der Waals surface area (Å²) in [4.78, 5) is 49.8. The van der Waals surface area contributed by atoms with Crippen LogP contribution >= 0.6 is 0 Å². The molecule has 1 saturated carbocycles. The minimum Gasteiger partial charge on any atom is -0.497 e. The third-order valence-electron chi connectivity index (χ3n) is 8.87. The molecule has 2 N–H and O–H groups in total. The SMILES string of the molecule is COc1ccc(CNC(=O)CC2=CC23C(=O)CCN3C)cc1.COc1ccc(CNC(=O)CC2=CC23CCCC3=O)cc1. The number of likely N-dealkylation sites (tertiary alicyclic amines) is 1. The highest BCUT2D eigenvalue weighted by Crippen LogP contribution is 2.55. The first kappa shape index (κ1) is 30.2. The summed E-state index contributed by atoms with van der Waals surface area (Å²) in [5, 5.41) is 5.79. The second kappa shape index (κ2) is 12.6. The molecule has 9 heteroatoms. The van der Waals surface area contributed by atoms with Crippen LogP contribution in [0.15, 0.2) is 71.8 Å². The van der Waals surface area contributed by atoms with E-state index in [9.17, 15) is 19.2 Å². The minimum absolute atomic E-state index is 0.0198. The molecule has 9 nitrogen and oxygen atoms in total. The molecule has 0 radical (unpaired) electrons. The van der Waals surface area contributed by atoms with Crippen LogP contribution in [0.4, 0.5) is 0 Å². The van der Waals surface area contributed by atoms with Crippen LogP contribution in [-0.2, 0) is 32.3 Å². The van der Waals surface area contributed by atoms with E-state index >= 15 is 0 Å². The highest BCUT2D eigenvalue weighted by atomic mass is 16.5. The van der Waals surface area contributed by atoms with Gasteiger partial charge in [-0.3, -0.25) is 24.1 Å². The van der Waals surface area contributed by atoms with Gasteiger partial charge in [0.05, 0.1) is 26.1 Å². The molecule has 2 unspecified atom stereocenters. The molecule has 43 heavy (non-hydrogen) atoms. The third-order valence-corrected chi connectivity index (χ3v) is 8.87. The van der Waals surface area contributed by atoms with Gasteiger partial charge >= 0.3 is 0 Å². The molecule has 1 aliphatic heterocycles. The van der Waals surface area contributed by atoms with Gasteiger partial charge in [-0.1, -0.05) is 36.4 Å². The Hall–Kier alpha value is -4.24. The number of ether oxygens (including phenoxy) is 2. The number of carbonyl (C=O) groups excluding carboxylic acids is 4. The molecule has 0 bridgehead atoms. The lowest BCUT2D eigenvalue weighted by atomic mass is 9.96. The van der Waals surface area contributed by atoms with Crippen molar-refractivity contribution in [2.24, 2.45) is 5.41 Å². The Morgan fingerprint density at radius 2 is 1.30 bits per heavy atom. The van der Waals surface area contributed by atoms with Gasteiger partial charge in [-0.05, 0) is 66.4 Å². The Balaban J connectivity index is 0.000000171. The fraction of sp³-hybridized carbons (Fsp3) is 0.412. The zero-order chi connectivity index (χ0) is 30.6. The van der Waals surface area contributed by atoms with Crippen molar-refractivity contribution in [3.05, 3.63) is 83.0 Å². The summed E-state index contributed by atoms with van der Waals surface area (Å²) in [5.74, 6) is 2.03. The van der Waals surface area contributed by atoms with E-state index in [4.69, 9.17) is 9.47 Å². The second-order valence-corrected chi connectivity index (χ2v) is 11.6. The molecule has 2 aromatic rings. The Kier molecular flexibility index (Phi) is 8.82. The lowest BCUT2D eigenvalue weighted by Gasteiger charge is -2.19. The number of rotatable bonds is 10. The summed E-state index contributed by atoms with van der Waals surface area (Å²) in [5.41, 5.74) is 3.14. The van der Waals surface area contributed by atoms with Crippen molar-refractivity contribution < 1.29 is 28.7 Å². The van der Waals surface area contributed by atoms with E-state index in [-0.39, 0.29) is 23.0 Å². The van der Waals surface area contributed by atoms with Gasteiger partial charge in [-0.2, -0.15) is 0 Å². The largest absolute Gasteiger partial charge is 0.497 e. The van der Waals surface area contributed by atoms with Gasteiger partial charge in [0.1, 0.15) is 22.8 Å². The van der Waals surface area contributed by atoms with E-state index in [0.29, 0.717) is 44.6 Å². The van der Waals surface area contributed by atoms with Crippen LogP contribution in [0.5, 0.6) is 11.5 Å². The number of nitrogens with one attached hydrogen (secondary N) is 2.